The molecule has 152 valence electrons. The Labute approximate surface area is 184 Å². The molecule has 0 unspecified atom stereocenters. The van der Waals surface area contributed by atoms with Crippen molar-refractivity contribution in [2.75, 3.05) is 31.1 Å². The summed E-state index contributed by atoms with van der Waals surface area (Å²) in [5.41, 5.74) is 2.52. The number of amides is 1. The summed E-state index contributed by atoms with van der Waals surface area (Å²) >= 11 is 5.04. The second-order valence-electron chi connectivity index (χ2n) is 6.59. The zero-order valence-corrected chi connectivity index (χ0v) is 19.1. The quantitative estimate of drug-likeness (QED) is 0.444. The summed E-state index contributed by atoms with van der Waals surface area (Å²) in [6.45, 7) is 7.70. The van der Waals surface area contributed by atoms with Crippen LogP contribution in [-0.2, 0) is 11.2 Å². The van der Waals surface area contributed by atoms with E-state index in [1.54, 1.807) is 6.20 Å². The van der Waals surface area contributed by atoms with Crippen molar-refractivity contribution in [2.24, 2.45) is 0 Å². The van der Waals surface area contributed by atoms with Crippen LogP contribution in [0.2, 0.25) is 0 Å². The lowest BCUT2D eigenvalue weighted by Gasteiger charge is -2.26. The van der Waals surface area contributed by atoms with Crippen molar-refractivity contribution in [1.82, 2.24) is 14.9 Å². The number of carbonyl (C=O) groups excluding carboxylic acids is 1. The third kappa shape index (κ3) is 5.95. The first-order chi connectivity index (χ1) is 14.1. The minimum atomic E-state index is 0.0492. The lowest BCUT2D eigenvalue weighted by molar-refractivity contribution is -0.118. The molecular weight excluding hydrogens is 448 g/mol. The van der Waals surface area contributed by atoms with Gasteiger partial charge in [0.1, 0.15) is 5.01 Å². The van der Waals surface area contributed by atoms with Crippen LogP contribution in [0.1, 0.15) is 19.5 Å². The molecule has 7 heteroatoms. The van der Waals surface area contributed by atoms with E-state index in [1.165, 1.54) is 11.3 Å². The van der Waals surface area contributed by atoms with Crippen LogP contribution in [0.25, 0.3) is 10.7 Å². The number of halogens is 1. The summed E-state index contributed by atoms with van der Waals surface area (Å²) in [6.07, 6.45) is 2.03. The van der Waals surface area contributed by atoms with E-state index >= 15 is 0 Å². The fraction of sp³-hybridized carbons (Fsp3) is 0.318. The number of nitrogens with zero attached hydrogens (tertiary/aromatic N) is 4. The first-order valence-corrected chi connectivity index (χ1v) is 11.4. The van der Waals surface area contributed by atoms with Crippen molar-refractivity contribution in [1.29, 1.82) is 0 Å². The molecule has 0 aliphatic rings. The minimum absolute atomic E-state index is 0.0492. The van der Waals surface area contributed by atoms with Gasteiger partial charge in [0, 0.05) is 34.8 Å². The van der Waals surface area contributed by atoms with Crippen LogP contribution >= 0.6 is 27.3 Å². The van der Waals surface area contributed by atoms with E-state index in [2.05, 4.69) is 44.6 Å². The number of anilines is 1. The van der Waals surface area contributed by atoms with Gasteiger partial charge in [-0.2, -0.15) is 0 Å². The van der Waals surface area contributed by atoms with Gasteiger partial charge in [-0.05, 0) is 43.4 Å². The monoisotopic (exact) mass is 472 g/mol. The summed E-state index contributed by atoms with van der Waals surface area (Å²) in [5, 5.41) is 2.79. The van der Waals surface area contributed by atoms with E-state index in [0.29, 0.717) is 6.54 Å². The highest BCUT2D eigenvalue weighted by Crippen LogP contribution is 2.24. The highest BCUT2D eigenvalue weighted by molar-refractivity contribution is 9.10. The number of rotatable bonds is 9. The number of hydrogen-bond acceptors (Lipinski definition) is 5. The fourth-order valence-electron chi connectivity index (χ4n) is 3.07. The summed E-state index contributed by atoms with van der Waals surface area (Å²) < 4.78 is 0.960. The molecule has 0 fully saturated rings. The van der Waals surface area contributed by atoms with Crippen LogP contribution in [0.5, 0.6) is 0 Å². The summed E-state index contributed by atoms with van der Waals surface area (Å²) in [6, 6.07) is 13.6. The Bertz CT molecular complexity index is 927. The highest BCUT2D eigenvalue weighted by Gasteiger charge is 2.19. The Kier molecular flexibility index (Phi) is 7.91. The predicted molar refractivity (Wildman–Crippen MR) is 123 cm³/mol. The van der Waals surface area contributed by atoms with E-state index < -0.39 is 0 Å². The van der Waals surface area contributed by atoms with Gasteiger partial charge in [-0.15, -0.1) is 11.3 Å². The number of aromatic nitrogens is 2. The van der Waals surface area contributed by atoms with E-state index in [-0.39, 0.29) is 12.3 Å². The smallest absolute Gasteiger partial charge is 0.233 e. The molecule has 3 rings (SSSR count). The van der Waals surface area contributed by atoms with Gasteiger partial charge in [-0.3, -0.25) is 9.78 Å². The zero-order valence-electron chi connectivity index (χ0n) is 16.7. The van der Waals surface area contributed by atoms with E-state index in [4.69, 9.17) is 0 Å². The molecule has 0 bridgehead atoms. The van der Waals surface area contributed by atoms with Gasteiger partial charge in [0.2, 0.25) is 5.91 Å². The molecule has 3 aromatic rings. The van der Waals surface area contributed by atoms with Gasteiger partial charge in [0.25, 0.3) is 0 Å². The topological polar surface area (TPSA) is 49.3 Å². The normalized spacial score (nSPS) is 11.0. The molecule has 0 spiro atoms. The standard InChI is InChI=1S/C22H25BrN4OS/c1-3-26(4-2)12-13-27(19-9-7-8-17(23)14-19)21(28)15-18-16-29-22(25-18)20-10-5-6-11-24-20/h5-11,14,16H,3-4,12-13,15H2,1-2H3. The summed E-state index contributed by atoms with van der Waals surface area (Å²) in [5.74, 6) is 0.0492. The minimum Gasteiger partial charge on any atom is -0.311 e. The van der Waals surface area contributed by atoms with Gasteiger partial charge in [0.05, 0.1) is 17.8 Å². The largest absolute Gasteiger partial charge is 0.311 e. The molecule has 29 heavy (non-hydrogen) atoms. The molecule has 1 amide bonds. The van der Waals surface area contributed by atoms with Crippen molar-refractivity contribution in [3.8, 4) is 10.7 Å². The molecule has 0 aliphatic heterocycles. The lowest BCUT2D eigenvalue weighted by Crippen LogP contribution is -2.39. The number of carbonyl (C=O) groups is 1. The highest BCUT2D eigenvalue weighted by atomic mass is 79.9. The predicted octanol–water partition coefficient (Wildman–Crippen LogP) is 4.89. The number of likely N-dealkylation sites (N-methyl/N-ethyl adjacent to an activating group) is 1. The van der Waals surface area contributed by atoms with Crippen molar-refractivity contribution < 1.29 is 4.79 Å². The Morgan fingerprint density at radius 3 is 2.62 bits per heavy atom. The van der Waals surface area contributed by atoms with Crippen molar-refractivity contribution in [3.63, 3.8) is 0 Å². The van der Waals surface area contributed by atoms with Gasteiger partial charge >= 0.3 is 0 Å². The fourth-order valence-corrected chi connectivity index (χ4v) is 4.25. The van der Waals surface area contributed by atoms with E-state index in [9.17, 15) is 4.79 Å². The Balaban J connectivity index is 1.76. The molecule has 0 aliphatic carbocycles. The maximum atomic E-state index is 13.2. The Morgan fingerprint density at radius 1 is 1.10 bits per heavy atom. The molecule has 0 N–H and O–H groups in total. The number of hydrogen-bond donors (Lipinski definition) is 0. The molecule has 2 heterocycles. The van der Waals surface area contributed by atoms with Gasteiger partial charge in [-0.25, -0.2) is 4.98 Å². The first-order valence-electron chi connectivity index (χ1n) is 9.74. The molecule has 0 saturated heterocycles. The molecule has 1 aromatic carbocycles. The number of benzene rings is 1. The third-order valence-electron chi connectivity index (χ3n) is 4.72. The van der Waals surface area contributed by atoms with Crippen LogP contribution in [0.15, 0.2) is 58.5 Å². The van der Waals surface area contributed by atoms with Gasteiger partial charge < -0.3 is 9.80 Å². The average Bonchev–Trinajstić information content (AvgIpc) is 3.20. The summed E-state index contributed by atoms with van der Waals surface area (Å²) in [7, 11) is 0. The van der Waals surface area contributed by atoms with Crippen LogP contribution in [0.3, 0.4) is 0 Å². The van der Waals surface area contributed by atoms with Gasteiger partial charge in [-0.1, -0.05) is 41.9 Å². The van der Waals surface area contributed by atoms with Crippen molar-refractivity contribution >= 4 is 38.9 Å². The second kappa shape index (κ2) is 10.6. The lowest BCUT2D eigenvalue weighted by atomic mass is 10.2. The van der Waals surface area contributed by atoms with Gasteiger partial charge in [0.15, 0.2) is 0 Å². The van der Waals surface area contributed by atoms with Crippen LogP contribution in [0, 0.1) is 0 Å². The third-order valence-corrected chi connectivity index (χ3v) is 6.13. The summed E-state index contributed by atoms with van der Waals surface area (Å²) in [4.78, 5) is 26.4. The van der Waals surface area contributed by atoms with E-state index in [0.717, 1.165) is 46.2 Å². The zero-order chi connectivity index (χ0) is 20.6. The van der Waals surface area contributed by atoms with Crippen molar-refractivity contribution in [3.05, 3.63) is 64.2 Å². The Hall–Kier alpha value is -2.09. The maximum absolute atomic E-state index is 13.2. The number of pyridine rings is 1. The van der Waals surface area contributed by atoms with Crippen LogP contribution in [-0.4, -0.2) is 47.0 Å². The molecule has 2 aromatic heterocycles. The van der Waals surface area contributed by atoms with Crippen LogP contribution in [0.4, 0.5) is 5.69 Å². The van der Waals surface area contributed by atoms with E-state index in [1.807, 2.05) is 52.7 Å². The second-order valence-corrected chi connectivity index (χ2v) is 8.36. The number of thiazole rings is 1. The molecule has 5 nitrogen and oxygen atoms in total. The molecule has 0 radical (unpaired) electrons. The van der Waals surface area contributed by atoms with Crippen LogP contribution < -0.4 is 4.90 Å². The molecular formula is C22H25BrN4OS. The Morgan fingerprint density at radius 2 is 1.93 bits per heavy atom. The molecule has 0 atom stereocenters. The molecule has 0 saturated carbocycles. The maximum Gasteiger partial charge on any atom is 0.233 e. The van der Waals surface area contributed by atoms with Crippen molar-refractivity contribution in [2.45, 2.75) is 20.3 Å². The SMILES string of the molecule is CCN(CC)CCN(C(=O)Cc1csc(-c2ccccn2)n1)c1cccc(Br)c1. The first kappa shape index (κ1) is 21.6. The average molecular weight is 473 g/mol.